The van der Waals surface area contributed by atoms with Crippen LogP contribution < -0.4 is 15.4 Å². The third-order valence-electron chi connectivity index (χ3n) is 4.39. The summed E-state index contributed by atoms with van der Waals surface area (Å²) in [7, 11) is 3.85. The molecule has 0 radical (unpaired) electrons. The number of hydrogen-bond donors (Lipinski definition) is 2. The van der Waals surface area contributed by atoms with Crippen LogP contribution in [-0.4, -0.2) is 56.4 Å². The fraction of sp³-hybridized carbons (Fsp3) is 0.611. The normalized spacial score (nSPS) is 16.5. The Morgan fingerprint density at radius 2 is 1.92 bits per heavy atom. The van der Waals surface area contributed by atoms with Gasteiger partial charge in [-0.15, -0.1) is 0 Å². The quantitative estimate of drug-likeness (QED) is 0.544. The number of aliphatic imine (C=N–C) groups is 1. The zero-order chi connectivity index (χ0) is 19.2. The van der Waals surface area contributed by atoms with Gasteiger partial charge < -0.3 is 15.4 Å². The van der Waals surface area contributed by atoms with Gasteiger partial charge in [0, 0.05) is 32.2 Å². The summed E-state index contributed by atoms with van der Waals surface area (Å²) >= 11 is 0. The Morgan fingerprint density at radius 3 is 2.46 bits per heavy atom. The first-order chi connectivity index (χ1) is 12.3. The summed E-state index contributed by atoms with van der Waals surface area (Å²) in [5.41, 5.74) is 0.926. The van der Waals surface area contributed by atoms with Crippen molar-refractivity contribution < 1.29 is 17.9 Å². The smallest absolute Gasteiger partial charge is 0.422 e. The molecule has 2 N–H and O–H groups in total. The first-order valence-corrected chi connectivity index (χ1v) is 8.73. The molecule has 26 heavy (non-hydrogen) atoms. The molecule has 1 fully saturated rings. The van der Waals surface area contributed by atoms with Gasteiger partial charge in [-0.1, -0.05) is 12.1 Å². The van der Waals surface area contributed by atoms with E-state index in [0.717, 1.165) is 12.1 Å². The van der Waals surface area contributed by atoms with Crippen molar-refractivity contribution in [1.29, 1.82) is 0 Å². The van der Waals surface area contributed by atoms with Crippen molar-refractivity contribution in [2.75, 3.05) is 27.2 Å². The Balaban J connectivity index is 1.73. The number of rotatable bonds is 8. The second-order valence-corrected chi connectivity index (χ2v) is 6.60. The Labute approximate surface area is 152 Å². The van der Waals surface area contributed by atoms with Crippen molar-refractivity contribution in [3.05, 3.63) is 29.8 Å². The minimum Gasteiger partial charge on any atom is -0.484 e. The van der Waals surface area contributed by atoms with Gasteiger partial charge in [-0.25, -0.2) is 0 Å². The molecule has 0 saturated heterocycles. The maximum absolute atomic E-state index is 12.1. The molecule has 2 rings (SSSR count). The SMILES string of the molecule is CN=C(NCc1ccc(OCC(F)(F)F)cc1)NCC(C)N(C)C1CC1. The maximum atomic E-state index is 12.1. The van der Waals surface area contributed by atoms with Crippen LogP contribution in [0.3, 0.4) is 0 Å². The molecule has 1 aromatic rings. The molecule has 1 saturated carbocycles. The third-order valence-corrected chi connectivity index (χ3v) is 4.39. The highest BCUT2D eigenvalue weighted by molar-refractivity contribution is 5.79. The van der Waals surface area contributed by atoms with Crippen molar-refractivity contribution in [3.63, 3.8) is 0 Å². The minimum absolute atomic E-state index is 0.200. The lowest BCUT2D eigenvalue weighted by atomic mass is 10.2. The van der Waals surface area contributed by atoms with Crippen LogP contribution in [0.2, 0.25) is 0 Å². The van der Waals surface area contributed by atoms with Crippen molar-refractivity contribution in [1.82, 2.24) is 15.5 Å². The van der Waals surface area contributed by atoms with Crippen LogP contribution >= 0.6 is 0 Å². The zero-order valence-electron chi connectivity index (χ0n) is 15.4. The van der Waals surface area contributed by atoms with E-state index >= 15 is 0 Å². The summed E-state index contributed by atoms with van der Waals surface area (Å²) in [6.07, 6.45) is -1.78. The Hall–Kier alpha value is -1.96. The second-order valence-electron chi connectivity index (χ2n) is 6.60. The molecule has 0 aromatic heterocycles. The number of nitrogens with zero attached hydrogens (tertiary/aromatic N) is 2. The predicted molar refractivity (Wildman–Crippen MR) is 96.4 cm³/mol. The van der Waals surface area contributed by atoms with Crippen LogP contribution in [0.5, 0.6) is 5.75 Å². The number of ether oxygens (including phenoxy) is 1. The molecule has 0 amide bonds. The van der Waals surface area contributed by atoms with Gasteiger partial charge in [0.05, 0.1) is 0 Å². The number of benzene rings is 1. The second kappa shape index (κ2) is 9.12. The van der Waals surface area contributed by atoms with Gasteiger partial charge in [-0.2, -0.15) is 13.2 Å². The van der Waals surface area contributed by atoms with Gasteiger partial charge in [0.2, 0.25) is 0 Å². The van der Waals surface area contributed by atoms with Gasteiger partial charge in [0.1, 0.15) is 5.75 Å². The molecule has 1 aliphatic rings. The number of nitrogens with one attached hydrogen (secondary N) is 2. The summed E-state index contributed by atoms with van der Waals surface area (Å²) in [4.78, 5) is 6.57. The van der Waals surface area contributed by atoms with Crippen molar-refractivity contribution >= 4 is 5.96 Å². The molecular formula is C18H27F3N4O. The average molecular weight is 372 g/mol. The molecule has 0 bridgehead atoms. The van der Waals surface area contributed by atoms with Gasteiger partial charge in [-0.3, -0.25) is 9.89 Å². The van der Waals surface area contributed by atoms with E-state index in [0.29, 0.717) is 24.6 Å². The summed E-state index contributed by atoms with van der Waals surface area (Å²) < 4.78 is 41.1. The van der Waals surface area contributed by atoms with Crippen molar-refractivity contribution in [2.24, 2.45) is 4.99 Å². The molecule has 8 heteroatoms. The van der Waals surface area contributed by atoms with E-state index in [-0.39, 0.29) is 5.75 Å². The Bertz CT molecular complexity index is 585. The van der Waals surface area contributed by atoms with E-state index in [1.54, 1.807) is 19.2 Å². The largest absolute Gasteiger partial charge is 0.484 e. The third kappa shape index (κ3) is 7.11. The lowest BCUT2D eigenvalue weighted by Crippen LogP contribution is -2.45. The number of hydrogen-bond acceptors (Lipinski definition) is 3. The molecule has 0 heterocycles. The molecule has 1 aromatic carbocycles. The van der Waals surface area contributed by atoms with Crippen molar-refractivity contribution in [2.45, 2.75) is 44.6 Å². The van der Waals surface area contributed by atoms with Crippen LogP contribution in [0.25, 0.3) is 0 Å². The van der Waals surface area contributed by atoms with E-state index in [2.05, 4.69) is 34.5 Å². The van der Waals surface area contributed by atoms with E-state index in [1.165, 1.54) is 25.0 Å². The summed E-state index contributed by atoms with van der Waals surface area (Å²) in [5, 5.41) is 6.50. The standard InChI is InChI=1S/C18H27F3N4O/c1-13(25(3)15-6-7-15)10-23-17(22-2)24-11-14-4-8-16(9-5-14)26-12-18(19,20)21/h4-5,8-9,13,15H,6-7,10-12H2,1-3H3,(H2,22,23,24). The van der Waals surface area contributed by atoms with Crippen LogP contribution in [-0.2, 0) is 6.54 Å². The number of likely N-dealkylation sites (N-methyl/N-ethyl adjacent to an activating group) is 1. The maximum Gasteiger partial charge on any atom is 0.422 e. The summed E-state index contributed by atoms with van der Waals surface area (Å²) in [6.45, 7) is 2.20. The first kappa shape index (κ1) is 20.4. The molecule has 1 unspecified atom stereocenters. The topological polar surface area (TPSA) is 48.9 Å². The van der Waals surface area contributed by atoms with E-state index in [9.17, 15) is 13.2 Å². The predicted octanol–water partition coefficient (Wildman–Crippen LogP) is 2.78. The van der Waals surface area contributed by atoms with Crippen LogP contribution in [0.15, 0.2) is 29.3 Å². The monoisotopic (exact) mass is 372 g/mol. The van der Waals surface area contributed by atoms with Crippen LogP contribution in [0, 0.1) is 0 Å². The molecule has 0 aliphatic heterocycles. The molecule has 146 valence electrons. The fourth-order valence-corrected chi connectivity index (χ4v) is 2.51. The highest BCUT2D eigenvalue weighted by Gasteiger charge is 2.29. The summed E-state index contributed by atoms with van der Waals surface area (Å²) in [6, 6.07) is 7.65. The first-order valence-electron chi connectivity index (χ1n) is 8.73. The Kier molecular flexibility index (Phi) is 7.14. The lowest BCUT2D eigenvalue weighted by molar-refractivity contribution is -0.153. The highest BCUT2D eigenvalue weighted by Crippen LogP contribution is 2.26. The van der Waals surface area contributed by atoms with Gasteiger partial charge in [-0.05, 0) is 44.5 Å². The molecule has 1 aliphatic carbocycles. The number of alkyl halides is 3. The fourth-order valence-electron chi connectivity index (χ4n) is 2.51. The summed E-state index contributed by atoms with van der Waals surface area (Å²) in [5.74, 6) is 0.893. The number of guanidine groups is 1. The molecule has 1 atom stereocenters. The van der Waals surface area contributed by atoms with Crippen molar-refractivity contribution in [3.8, 4) is 5.75 Å². The minimum atomic E-state index is -4.33. The van der Waals surface area contributed by atoms with E-state index < -0.39 is 12.8 Å². The number of halogens is 3. The highest BCUT2D eigenvalue weighted by atomic mass is 19.4. The van der Waals surface area contributed by atoms with Gasteiger partial charge in [0.25, 0.3) is 0 Å². The molecule has 0 spiro atoms. The Morgan fingerprint density at radius 1 is 1.27 bits per heavy atom. The lowest BCUT2D eigenvalue weighted by Gasteiger charge is -2.25. The zero-order valence-corrected chi connectivity index (χ0v) is 15.4. The van der Waals surface area contributed by atoms with Crippen LogP contribution in [0.4, 0.5) is 13.2 Å². The van der Waals surface area contributed by atoms with Crippen LogP contribution in [0.1, 0.15) is 25.3 Å². The molecule has 5 nitrogen and oxygen atoms in total. The average Bonchev–Trinajstić information content (AvgIpc) is 3.44. The van der Waals surface area contributed by atoms with Gasteiger partial charge in [0.15, 0.2) is 12.6 Å². The van der Waals surface area contributed by atoms with E-state index in [1.807, 2.05) is 0 Å². The molecular weight excluding hydrogens is 345 g/mol. The van der Waals surface area contributed by atoms with E-state index in [4.69, 9.17) is 4.74 Å². The van der Waals surface area contributed by atoms with Gasteiger partial charge >= 0.3 is 6.18 Å².